The second-order valence-electron chi connectivity index (χ2n) is 11.1. The Morgan fingerprint density at radius 3 is 1.51 bits per heavy atom. The number of carbonyl (C=O) groups excluding carboxylic acids is 3. The molecular weight excluding hydrogens is 540 g/mol. The molecule has 4 aromatic rings. The molecule has 43 heavy (non-hydrogen) atoms. The topological polar surface area (TPSA) is 76.2 Å². The number of carbonyl (C=O) groups is 3. The van der Waals surface area contributed by atoms with E-state index in [0.717, 1.165) is 17.4 Å². The standard InChI is InChI=1S/C36H34N2O5/c1-42-32(43-2)23-36(29-18-10-12-20-31(29)38(34(36)41)25-27-15-7-4-8-16-27)35(21-22-39)28-17-9-11-19-30(28)37(33(35)40)24-26-13-5-3-6-14-26/h3-20,22,32H,21,23-25H2,1-2H3/t35-,36-/m1/s1. The van der Waals surface area contributed by atoms with Crippen LogP contribution in [0.25, 0.3) is 0 Å². The molecule has 0 spiro atoms. The van der Waals surface area contributed by atoms with Crippen molar-refractivity contribution in [2.24, 2.45) is 0 Å². The molecule has 0 aliphatic carbocycles. The summed E-state index contributed by atoms with van der Waals surface area (Å²) >= 11 is 0. The lowest BCUT2D eigenvalue weighted by atomic mass is 9.54. The van der Waals surface area contributed by atoms with Crippen LogP contribution in [0.5, 0.6) is 0 Å². The highest BCUT2D eigenvalue weighted by molar-refractivity contribution is 6.19. The van der Waals surface area contributed by atoms with Gasteiger partial charge in [0.25, 0.3) is 0 Å². The predicted octanol–water partition coefficient (Wildman–Crippen LogP) is 5.55. The molecular formula is C36H34N2O5. The van der Waals surface area contributed by atoms with Gasteiger partial charge in [-0.05, 0) is 34.4 Å². The van der Waals surface area contributed by atoms with Crippen LogP contribution in [0, 0.1) is 0 Å². The van der Waals surface area contributed by atoms with Crippen molar-refractivity contribution >= 4 is 29.5 Å². The fraction of sp³-hybridized carbons (Fsp3) is 0.250. The number of methoxy groups -OCH3 is 2. The Labute approximate surface area is 251 Å². The van der Waals surface area contributed by atoms with Crippen molar-refractivity contribution in [3.63, 3.8) is 0 Å². The smallest absolute Gasteiger partial charge is 0.239 e. The average molecular weight is 575 g/mol. The first kappa shape index (κ1) is 28.5. The van der Waals surface area contributed by atoms with Gasteiger partial charge in [-0.2, -0.15) is 0 Å². The lowest BCUT2D eigenvalue weighted by molar-refractivity contribution is -0.149. The fourth-order valence-electron chi connectivity index (χ4n) is 7.10. The molecule has 2 heterocycles. The second kappa shape index (κ2) is 11.6. The van der Waals surface area contributed by atoms with Gasteiger partial charge in [0.15, 0.2) is 6.29 Å². The van der Waals surface area contributed by atoms with Crippen molar-refractivity contribution in [1.29, 1.82) is 0 Å². The van der Waals surface area contributed by atoms with E-state index in [1.165, 1.54) is 14.2 Å². The summed E-state index contributed by atoms with van der Waals surface area (Å²) in [5.41, 5.74) is 1.57. The zero-order valence-electron chi connectivity index (χ0n) is 24.3. The number of hydrogen-bond donors (Lipinski definition) is 0. The van der Waals surface area contributed by atoms with Crippen LogP contribution in [0.2, 0.25) is 0 Å². The van der Waals surface area contributed by atoms with Crippen molar-refractivity contribution in [2.45, 2.75) is 43.1 Å². The van der Waals surface area contributed by atoms with Gasteiger partial charge in [0.05, 0.1) is 13.1 Å². The number of rotatable bonds is 11. The lowest BCUT2D eigenvalue weighted by Crippen LogP contribution is -2.61. The van der Waals surface area contributed by atoms with Gasteiger partial charge >= 0.3 is 0 Å². The highest BCUT2D eigenvalue weighted by Gasteiger charge is 2.70. The number of anilines is 2. The Kier molecular flexibility index (Phi) is 7.69. The van der Waals surface area contributed by atoms with E-state index in [2.05, 4.69) is 0 Å². The third kappa shape index (κ3) is 4.39. The van der Waals surface area contributed by atoms with Crippen LogP contribution in [0.1, 0.15) is 35.1 Å². The van der Waals surface area contributed by atoms with E-state index in [1.54, 1.807) is 9.80 Å². The van der Waals surface area contributed by atoms with E-state index in [9.17, 15) is 4.79 Å². The Morgan fingerprint density at radius 1 is 0.628 bits per heavy atom. The molecule has 0 unspecified atom stereocenters. The molecule has 2 atom stereocenters. The van der Waals surface area contributed by atoms with Gasteiger partial charge in [0.2, 0.25) is 11.8 Å². The SMILES string of the molecule is COC(C[C@]1([C@@]2(CC=O)C(=O)N(Cc3ccccc3)c3ccccc32)C(=O)N(Cc2ccccc2)c2ccccc21)OC. The van der Waals surface area contributed by atoms with Crippen LogP contribution >= 0.6 is 0 Å². The first-order valence-electron chi connectivity index (χ1n) is 14.4. The largest absolute Gasteiger partial charge is 0.356 e. The average Bonchev–Trinajstić information content (AvgIpc) is 3.43. The van der Waals surface area contributed by atoms with Crippen LogP contribution in [-0.4, -0.2) is 38.6 Å². The van der Waals surface area contributed by atoms with Crippen LogP contribution in [0.3, 0.4) is 0 Å². The molecule has 0 fully saturated rings. The molecule has 0 saturated heterocycles. The highest BCUT2D eigenvalue weighted by Crippen LogP contribution is 2.62. The van der Waals surface area contributed by atoms with Crippen LogP contribution in [0.4, 0.5) is 11.4 Å². The maximum Gasteiger partial charge on any atom is 0.239 e. The fourth-order valence-corrected chi connectivity index (χ4v) is 7.10. The minimum absolute atomic E-state index is 0.0359. The van der Waals surface area contributed by atoms with E-state index in [4.69, 9.17) is 9.47 Å². The normalized spacial score (nSPS) is 20.9. The molecule has 2 aliphatic heterocycles. The van der Waals surface area contributed by atoms with E-state index in [0.29, 0.717) is 35.6 Å². The third-order valence-corrected chi connectivity index (χ3v) is 9.01. The first-order chi connectivity index (χ1) is 21.0. The number of aldehydes is 1. The summed E-state index contributed by atoms with van der Waals surface area (Å²) in [6.45, 7) is 0.610. The van der Waals surface area contributed by atoms with Gasteiger partial charge in [-0.1, -0.05) is 97.1 Å². The summed E-state index contributed by atoms with van der Waals surface area (Å²) < 4.78 is 11.5. The Balaban J connectivity index is 1.62. The third-order valence-electron chi connectivity index (χ3n) is 9.01. The monoisotopic (exact) mass is 574 g/mol. The maximum atomic E-state index is 15.3. The van der Waals surface area contributed by atoms with Gasteiger partial charge in [-0.3, -0.25) is 9.59 Å². The van der Waals surface area contributed by atoms with E-state index in [-0.39, 0.29) is 24.7 Å². The summed E-state index contributed by atoms with van der Waals surface area (Å²) in [5.74, 6) is -0.552. The van der Waals surface area contributed by atoms with Gasteiger partial charge in [-0.25, -0.2) is 0 Å². The number of amides is 2. The van der Waals surface area contributed by atoms with Crippen molar-refractivity contribution < 1.29 is 23.9 Å². The summed E-state index contributed by atoms with van der Waals surface area (Å²) in [6, 6.07) is 34.6. The van der Waals surface area contributed by atoms with Gasteiger partial charge < -0.3 is 24.1 Å². The number of hydrogen-bond acceptors (Lipinski definition) is 5. The Morgan fingerprint density at radius 2 is 1.05 bits per heavy atom. The lowest BCUT2D eigenvalue weighted by Gasteiger charge is -2.45. The molecule has 2 aliphatic rings. The second-order valence-corrected chi connectivity index (χ2v) is 11.1. The van der Waals surface area contributed by atoms with Crippen LogP contribution in [0.15, 0.2) is 109 Å². The van der Waals surface area contributed by atoms with Gasteiger partial charge in [-0.15, -0.1) is 0 Å². The number of benzene rings is 4. The molecule has 2 amide bonds. The maximum absolute atomic E-state index is 15.3. The predicted molar refractivity (Wildman–Crippen MR) is 165 cm³/mol. The van der Waals surface area contributed by atoms with Gasteiger partial charge in [0.1, 0.15) is 17.1 Å². The minimum Gasteiger partial charge on any atom is -0.356 e. The van der Waals surface area contributed by atoms with Crippen LogP contribution < -0.4 is 9.80 Å². The molecule has 7 nitrogen and oxygen atoms in total. The quantitative estimate of drug-likeness (QED) is 0.173. The van der Waals surface area contributed by atoms with Crippen molar-refractivity contribution in [1.82, 2.24) is 0 Å². The molecule has 0 aromatic heterocycles. The zero-order valence-corrected chi connectivity index (χ0v) is 24.3. The van der Waals surface area contributed by atoms with Crippen molar-refractivity contribution in [2.75, 3.05) is 24.0 Å². The number of ether oxygens (including phenoxy) is 2. The zero-order chi connectivity index (χ0) is 30.0. The summed E-state index contributed by atoms with van der Waals surface area (Å²) in [4.78, 5) is 46.6. The van der Waals surface area contributed by atoms with E-state index in [1.807, 2.05) is 109 Å². The van der Waals surface area contributed by atoms with Crippen molar-refractivity contribution in [3.8, 4) is 0 Å². The Bertz CT molecular complexity index is 1640. The molecule has 218 valence electrons. The molecule has 0 bridgehead atoms. The van der Waals surface area contributed by atoms with Crippen molar-refractivity contribution in [3.05, 3.63) is 131 Å². The first-order valence-corrected chi connectivity index (χ1v) is 14.4. The number of para-hydroxylation sites is 2. The summed E-state index contributed by atoms with van der Waals surface area (Å²) in [6.07, 6.45) is -0.200. The van der Waals surface area contributed by atoms with E-state index >= 15 is 9.59 Å². The molecule has 4 aromatic carbocycles. The van der Waals surface area contributed by atoms with E-state index < -0.39 is 17.1 Å². The van der Waals surface area contributed by atoms with Crippen LogP contribution in [-0.2, 0) is 47.8 Å². The molecule has 0 radical (unpaired) electrons. The molecule has 6 rings (SSSR count). The summed E-state index contributed by atoms with van der Waals surface area (Å²) in [5, 5.41) is 0. The number of fused-ring (bicyclic) bond motifs is 2. The summed E-state index contributed by atoms with van der Waals surface area (Å²) in [7, 11) is 3.04. The Hall–Kier alpha value is -4.59. The van der Waals surface area contributed by atoms with Gasteiger partial charge in [0, 0.05) is 38.4 Å². The molecule has 0 N–H and O–H groups in total. The highest BCUT2D eigenvalue weighted by atomic mass is 16.7. The molecule has 0 saturated carbocycles. The number of nitrogens with zero attached hydrogens (tertiary/aromatic N) is 2. The minimum atomic E-state index is -1.55. The molecule has 7 heteroatoms.